The van der Waals surface area contributed by atoms with E-state index in [0.29, 0.717) is 22.5 Å². The zero-order chi connectivity index (χ0) is 13.8. The van der Waals surface area contributed by atoms with E-state index in [1.54, 1.807) is 6.92 Å². The highest BCUT2D eigenvalue weighted by molar-refractivity contribution is 5.07. The number of nitrogens with zero attached hydrogens (tertiary/aromatic N) is 4. The van der Waals surface area contributed by atoms with Crippen LogP contribution in [-0.2, 0) is 19.6 Å². The Kier molecular flexibility index (Phi) is 4.20. The lowest BCUT2D eigenvalue weighted by Crippen LogP contribution is -2.14. The quantitative estimate of drug-likeness (QED) is 0.874. The molecule has 0 amide bonds. The molecule has 0 aliphatic heterocycles. The van der Waals surface area contributed by atoms with Gasteiger partial charge in [-0.2, -0.15) is 23.4 Å². The second-order valence-corrected chi connectivity index (χ2v) is 3.94. The molecule has 2 rings (SSSR count). The molecule has 0 unspecified atom stereocenters. The van der Waals surface area contributed by atoms with Crippen LogP contribution in [0.3, 0.4) is 0 Å². The molecule has 2 aromatic rings. The van der Waals surface area contributed by atoms with Gasteiger partial charge in [-0.25, -0.2) is 9.36 Å². The van der Waals surface area contributed by atoms with E-state index in [0.717, 1.165) is 0 Å². The largest absolute Gasteiger partial charge is 0.333 e. The van der Waals surface area contributed by atoms with Gasteiger partial charge in [0.25, 0.3) is 0 Å². The van der Waals surface area contributed by atoms with Crippen LogP contribution < -0.4 is 5.32 Å². The summed E-state index contributed by atoms with van der Waals surface area (Å²) in [4.78, 5) is 0. The fourth-order valence-electron chi connectivity index (χ4n) is 1.65. The highest BCUT2D eigenvalue weighted by Crippen LogP contribution is 2.09. The molecule has 0 radical (unpaired) electrons. The Morgan fingerprint density at radius 2 is 2.16 bits per heavy atom. The Morgan fingerprint density at radius 1 is 1.37 bits per heavy atom. The molecule has 0 aliphatic carbocycles. The first-order valence-electron chi connectivity index (χ1n) is 5.85. The summed E-state index contributed by atoms with van der Waals surface area (Å²) in [5.41, 5.74) is 0.915. The molecule has 0 aromatic carbocycles. The average Bonchev–Trinajstić information content (AvgIpc) is 2.98. The molecule has 19 heavy (non-hydrogen) atoms. The number of aryl methyl sites for hydroxylation is 1. The van der Waals surface area contributed by atoms with Gasteiger partial charge in [0.1, 0.15) is 0 Å². The monoisotopic (exact) mass is 273 g/mol. The lowest BCUT2D eigenvalue weighted by Gasteiger charge is -2.02. The summed E-state index contributed by atoms with van der Waals surface area (Å²) in [6.07, 6.45) is 2.65. The minimum absolute atomic E-state index is 0.271. The van der Waals surface area contributed by atoms with Crippen LogP contribution in [0.4, 0.5) is 13.2 Å². The van der Waals surface area contributed by atoms with Crippen molar-refractivity contribution in [1.82, 2.24) is 24.9 Å². The molecule has 0 spiro atoms. The first kappa shape index (κ1) is 13.6. The Morgan fingerprint density at radius 3 is 2.74 bits per heavy atom. The summed E-state index contributed by atoms with van der Waals surface area (Å²) in [7, 11) is 0. The highest BCUT2D eigenvalue weighted by Gasteiger charge is 2.10. The molecule has 0 bridgehead atoms. The molecule has 8 heteroatoms. The molecule has 2 heterocycles. The predicted molar refractivity (Wildman–Crippen MR) is 61.9 cm³/mol. The summed E-state index contributed by atoms with van der Waals surface area (Å²) in [5, 5.41) is 10.5. The Bertz CT molecular complexity index is 534. The molecular formula is C11H14F3N5. The van der Waals surface area contributed by atoms with Gasteiger partial charge in [0, 0.05) is 31.4 Å². The van der Waals surface area contributed by atoms with Gasteiger partial charge in [-0.05, 0) is 13.0 Å². The van der Waals surface area contributed by atoms with Crippen LogP contribution in [0.2, 0.25) is 0 Å². The zero-order valence-corrected chi connectivity index (χ0v) is 10.4. The van der Waals surface area contributed by atoms with Crippen LogP contribution in [0, 0.1) is 5.95 Å². The molecule has 5 nitrogen and oxygen atoms in total. The topological polar surface area (TPSA) is 47.7 Å². The number of nitrogens with one attached hydrogen (secondary N) is 1. The van der Waals surface area contributed by atoms with Gasteiger partial charge < -0.3 is 5.32 Å². The van der Waals surface area contributed by atoms with Crippen LogP contribution in [0.15, 0.2) is 18.5 Å². The van der Waals surface area contributed by atoms with Gasteiger partial charge in [0.15, 0.2) is 0 Å². The smallest absolute Gasteiger partial charge is 0.307 e. The van der Waals surface area contributed by atoms with Gasteiger partial charge in [0.2, 0.25) is 5.95 Å². The first-order valence-corrected chi connectivity index (χ1v) is 5.85. The molecular weight excluding hydrogens is 259 g/mol. The summed E-state index contributed by atoms with van der Waals surface area (Å²) in [6.45, 7) is 0.174. The Hall–Kier alpha value is -1.83. The van der Waals surface area contributed by atoms with Crippen molar-refractivity contribution in [1.29, 1.82) is 0 Å². The van der Waals surface area contributed by atoms with Gasteiger partial charge in [-0.1, -0.05) is 0 Å². The lowest BCUT2D eigenvalue weighted by atomic mass is 10.3. The number of hydrogen-bond acceptors (Lipinski definition) is 3. The predicted octanol–water partition coefficient (Wildman–Crippen LogP) is 1.92. The fraction of sp³-hybridized carbons (Fsp3) is 0.455. The molecule has 0 atom stereocenters. The van der Waals surface area contributed by atoms with Crippen molar-refractivity contribution in [3.8, 4) is 0 Å². The maximum Gasteiger partial charge on any atom is 0.333 e. The lowest BCUT2D eigenvalue weighted by molar-refractivity contribution is 0.0561. The van der Waals surface area contributed by atoms with Crippen molar-refractivity contribution in [3.05, 3.63) is 35.7 Å². The third-order valence-electron chi connectivity index (χ3n) is 2.63. The SMILES string of the molecule is CCn1ncc(CNCc2ccn(C(F)F)n2)c1F. The minimum Gasteiger partial charge on any atom is -0.307 e. The zero-order valence-electron chi connectivity index (χ0n) is 10.4. The summed E-state index contributed by atoms with van der Waals surface area (Å²) in [5.74, 6) is -0.381. The van der Waals surface area contributed by atoms with Crippen LogP contribution >= 0.6 is 0 Å². The molecule has 0 saturated carbocycles. The maximum atomic E-state index is 13.6. The summed E-state index contributed by atoms with van der Waals surface area (Å²) in [6, 6.07) is 1.49. The highest BCUT2D eigenvalue weighted by atomic mass is 19.3. The standard InChI is InChI=1S/C11H14F3N5/c1-2-18-10(12)8(6-16-18)5-15-7-9-3-4-19(17-9)11(13)14/h3-4,6,11,15H,2,5,7H2,1H3. The number of halogens is 3. The van der Waals surface area contributed by atoms with E-state index in [9.17, 15) is 13.2 Å². The van der Waals surface area contributed by atoms with Crippen molar-refractivity contribution in [2.24, 2.45) is 0 Å². The summed E-state index contributed by atoms with van der Waals surface area (Å²) >= 11 is 0. The van der Waals surface area contributed by atoms with Crippen molar-refractivity contribution in [2.75, 3.05) is 0 Å². The fourth-order valence-corrected chi connectivity index (χ4v) is 1.65. The van der Waals surface area contributed by atoms with E-state index in [1.165, 1.54) is 23.1 Å². The van der Waals surface area contributed by atoms with Crippen LogP contribution in [0.5, 0.6) is 0 Å². The van der Waals surface area contributed by atoms with Crippen LogP contribution in [0.25, 0.3) is 0 Å². The normalized spacial score (nSPS) is 11.4. The Balaban J connectivity index is 1.87. The third kappa shape index (κ3) is 3.14. The summed E-state index contributed by atoms with van der Waals surface area (Å²) < 4.78 is 40.0. The minimum atomic E-state index is -2.64. The maximum absolute atomic E-state index is 13.6. The van der Waals surface area contributed by atoms with E-state index in [4.69, 9.17) is 0 Å². The van der Waals surface area contributed by atoms with E-state index in [2.05, 4.69) is 15.5 Å². The van der Waals surface area contributed by atoms with Gasteiger partial charge in [0.05, 0.1) is 11.9 Å². The second kappa shape index (κ2) is 5.87. The Labute approximate surface area is 108 Å². The molecule has 2 aromatic heterocycles. The van der Waals surface area contributed by atoms with E-state index in [-0.39, 0.29) is 19.0 Å². The van der Waals surface area contributed by atoms with Gasteiger partial charge >= 0.3 is 6.55 Å². The molecule has 104 valence electrons. The molecule has 1 N–H and O–H groups in total. The van der Waals surface area contributed by atoms with Crippen molar-refractivity contribution >= 4 is 0 Å². The average molecular weight is 273 g/mol. The van der Waals surface area contributed by atoms with Crippen LogP contribution in [-0.4, -0.2) is 19.6 Å². The third-order valence-corrected chi connectivity index (χ3v) is 2.63. The number of aromatic nitrogens is 4. The first-order chi connectivity index (χ1) is 9.11. The number of rotatable bonds is 6. The van der Waals surface area contributed by atoms with Crippen molar-refractivity contribution in [2.45, 2.75) is 33.1 Å². The second-order valence-electron chi connectivity index (χ2n) is 3.94. The molecule has 0 fully saturated rings. The van der Waals surface area contributed by atoms with E-state index in [1.807, 2.05) is 0 Å². The number of alkyl halides is 2. The molecule has 0 aliphatic rings. The van der Waals surface area contributed by atoms with Crippen molar-refractivity contribution < 1.29 is 13.2 Å². The van der Waals surface area contributed by atoms with Crippen molar-refractivity contribution in [3.63, 3.8) is 0 Å². The van der Waals surface area contributed by atoms with Crippen LogP contribution in [0.1, 0.15) is 24.7 Å². The van der Waals surface area contributed by atoms with Gasteiger partial charge in [-0.15, -0.1) is 0 Å². The van der Waals surface area contributed by atoms with E-state index < -0.39 is 6.55 Å². The van der Waals surface area contributed by atoms with E-state index >= 15 is 0 Å². The molecule has 0 saturated heterocycles. The van der Waals surface area contributed by atoms with Gasteiger partial charge in [-0.3, -0.25) is 0 Å². The number of hydrogen-bond donors (Lipinski definition) is 1.